The molecule has 2 amide bonds. The standard InChI is InChI=1S/C24H30N2O3/c1-19-23(28)26(24(19)29-21-15-9-5-10-16-21)18-22(27)25-17-11-3-2-6-12-20-13-7-4-8-14-20/h4-5,7-10,13-16,19,24H,2-3,6,11-12,17-18H2,1H3,(H,25,27). The number of unbranched alkanes of at least 4 members (excludes halogenated alkanes) is 3. The van der Waals surface area contributed by atoms with Gasteiger partial charge in [0, 0.05) is 6.54 Å². The van der Waals surface area contributed by atoms with Crippen molar-refractivity contribution in [2.24, 2.45) is 5.92 Å². The van der Waals surface area contributed by atoms with Crippen molar-refractivity contribution in [2.45, 2.75) is 45.3 Å². The molecule has 1 saturated heterocycles. The first kappa shape index (κ1) is 20.9. The van der Waals surface area contributed by atoms with Gasteiger partial charge in [0.05, 0.1) is 5.92 Å². The summed E-state index contributed by atoms with van der Waals surface area (Å²) < 4.78 is 5.88. The van der Waals surface area contributed by atoms with Crippen LogP contribution < -0.4 is 10.1 Å². The highest BCUT2D eigenvalue weighted by Gasteiger charge is 2.46. The van der Waals surface area contributed by atoms with Gasteiger partial charge in [0.25, 0.3) is 0 Å². The zero-order valence-corrected chi connectivity index (χ0v) is 17.0. The normalized spacial score (nSPS) is 18.2. The SMILES string of the molecule is CC1C(=O)N(CC(=O)NCCCCCCc2ccccc2)C1Oc1ccccc1. The number of ether oxygens (including phenoxy) is 1. The minimum atomic E-state index is -0.381. The molecule has 2 aromatic carbocycles. The van der Waals surface area contributed by atoms with Gasteiger partial charge in [-0.1, -0.05) is 61.4 Å². The number of benzene rings is 2. The minimum Gasteiger partial charge on any atom is -0.470 e. The fourth-order valence-corrected chi connectivity index (χ4v) is 3.56. The van der Waals surface area contributed by atoms with Crippen LogP contribution in [0.4, 0.5) is 0 Å². The van der Waals surface area contributed by atoms with E-state index in [1.807, 2.05) is 43.3 Å². The van der Waals surface area contributed by atoms with Crippen molar-refractivity contribution in [3.63, 3.8) is 0 Å². The minimum absolute atomic E-state index is 0.0398. The van der Waals surface area contributed by atoms with E-state index in [-0.39, 0.29) is 30.5 Å². The Bertz CT molecular complexity index is 779. The molecule has 5 nitrogen and oxygen atoms in total. The van der Waals surface area contributed by atoms with Crippen molar-refractivity contribution >= 4 is 11.8 Å². The Hall–Kier alpha value is -2.82. The van der Waals surface area contributed by atoms with Crippen LogP contribution in [-0.2, 0) is 16.0 Å². The van der Waals surface area contributed by atoms with Crippen LogP contribution in [0.2, 0.25) is 0 Å². The van der Waals surface area contributed by atoms with Crippen molar-refractivity contribution in [1.82, 2.24) is 10.2 Å². The van der Waals surface area contributed by atoms with E-state index in [2.05, 4.69) is 29.6 Å². The molecule has 0 aliphatic carbocycles. The average Bonchev–Trinajstić information content (AvgIpc) is 2.76. The van der Waals surface area contributed by atoms with Crippen LogP contribution in [0.15, 0.2) is 60.7 Å². The van der Waals surface area contributed by atoms with Crippen LogP contribution >= 0.6 is 0 Å². The van der Waals surface area contributed by atoms with Gasteiger partial charge in [0.1, 0.15) is 12.3 Å². The second-order valence-electron chi connectivity index (χ2n) is 7.58. The van der Waals surface area contributed by atoms with Crippen LogP contribution in [0, 0.1) is 5.92 Å². The first-order valence-corrected chi connectivity index (χ1v) is 10.5. The third-order valence-electron chi connectivity index (χ3n) is 5.28. The molecule has 2 aromatic rings. The molecule has 29 heavy (non-hydrogen) atoms. The van der Waals surface area contributed by atoms with E-state index in [4.69, 9.17) is 4.74 Å². The van der Waals surface area contributed by atoms with Crippen LogP contribution in [0.25, 0.3) is 0 Å². The molecule has 0 spiro atoms. The van der Waals surface area contributed by atoms with E-state index >= 15 is 0 Å². The molecule has 1 fully saturated rings. The number of aryl methyl sites for hydroxylation is 1. The third-order valence-corrected chi connectivity index (χ3v) is 5.28. The summed E-state index contributed by atoms with van der Waals surface area (Å²) in [5.41, 5.74) is 1.38. The number of carbonyl (C=O) groups is 2. The molecule has 5 heteroatoms. The zero-order chi connectivity index (χ0) is 20.5. The number of rotatable bonds is 11. The maximum Gasteiger partial charge on any atom is 0.239 e. The molecule has 0 bridgehead atoms. The number of carbonyl (C=O) groups excluding carboxylic acids is 2. The number of para-hydroxylation sites is 1. The summed E-state index contributed by atoms with van der Waals surface area (Å²) in [5, 5.41) is 2.92. The fourth-order valence-electron chi connectivity index (χ4n) is 3.56. The van der Waals surface area contributed by atoms with Gasteiger partial charge in [-0.25, -0.2) is 0 Å². The summed E-state index contributed by atoms with van der Waals surface area (Å²) >= 11 is 0. The van der Waals surface area contributed by atoms with E-state index in [9.17, 15) is 9.59 Å². The van der Waals surface area contributed by atoms with Crippen molar-refractivity contribution < 1.29 is 14.3 Å². The molecule has 2 unspecified atom stereocenters. The molecule has 3 rings (SSSR count). The summed E-state index contributed by atoms with van der Waals surface area (Å²) in [4.78, 5) is 25.8. The Morgan fingerprint density at radius 2 is 1.62 bits per heavy atom. The number of amides is 2. The maximum absolute atomic E-state index is 12.2. The van der Waals surface area contributed by atoms with Gasteiger partial charge in [0.2, 0.25) is 11.8 Å². The molecule has 154 valence electrons. The Morgan fingerprint density at radius 1 is 0.966 bits per heavy atom. The lowest BCUT2D eigenvalue weighted by molar-refractivity contribution is -0.176. The van der Waals surface area contributed by atoms with Crippen LogP contribution in [0.3, 0.4) is 0 Å². The summed E-state index contributed by atoms with van der Waals surface area (Å²) in [6.07, 6.45) is 5.08. The highest BCUT2D eigenvalue weighted by atomic mass is 16.5. The zero-order valence-electron chi connectivity index (χ0n) is 17.0. The number of nitrogens with zero attached hydrogens (tertiary/aromatic N) is 1. The lowest BCUT2D eigenvalue weighted by Crippen LogP contribution is -2.64. The summed E-state index contributed by atoms with van der Waals surface area (Å²) in [5.74, 6) is 0.309. The highest BCUT2D eigenvalue weighted by molar-refractivity contribution is 5.90. The maximum atomic E-state index is 12.2. The van der Waals surface area contributed by atoms with Gasteiger partial charge in [-0.15, -0.1) is 0 Å². The van der Waals surface area contributed by atoms with Gasteiger partial charge < -0.3 is 10.1 Å². The van der Waals surface area contributed by atoms with Crippen molar-refractivity contribution in [1.29, 1.82) is 0 Å². The Balaban J connectivity index is 1.30. The van der Waals surface area contributed by atoms with Crippen LogP contribution in [0.5, 0.6) is 5.75 Å². The van der Waals surface area contributed by atoms with Gasteiger partial charge in [-0.05, 0) is 43.9 Å². The Kier molecular flexibility index (Phi) is 7.68. The van der Waals surface area contributed by atoms with Gasteiger partial charge >= 0.3 is 0 Å². The predicted molar refractivity (Wildman–Crippen MR) is 113 cm³/mol. The van der Waals surface area contributed by atoms with Crippen molar-refractivity contribution in [3.8, 4) is 5.75 Å². The number of hydrogen-bond donors (Lipinski definition) is 1. The van der Waals surface area contributed by atoms with Gasteiger partial charge in [0.15, 0.2) is 6.23 Å². The van der Waals surface area contributed by atoms with Crippen LogP contribution in [0.1, 0.15) is 38.2 Å². The molecule has 1 aliphatic heterocycles. The number of nitrogens with one attached hydrogen (secondary N) is 1. The molecule has 0 radical (unpaired) electrons. The first-order chi connectivity index (χ1) is 14.1. The molecule has 2 atom stereocenters. The average molecular weight is 395 g/mol. The highest BCUT2D eigenvalue weighted by Crippen LogP contribution is 2.28. The summed E-state index contributed by atoms with van der Waals surface area (Å²) in [6.45, 7) is 2.53. The largest absolute Gasteiger partial charge is 0.470 e. The molecule has 1 heterocycles. The number of hydrogen-bond acceptors (Lipinski definition) is 3. The predicted octanol–water partition coefficient (Wildman–Crippen LogP) is 3.79. The topological polar surface area (TPSA) is 58.6 Å². The molecule has 1 N–H and O–H groups in total. The van der Waals surface area contributed by atoms with E-state index in [1.54, 1.807) is 0 Å². The second-order valence-corrected chi connectivity index (χ2v) is 7.58. The van der Waals surface area contributed by atoms with Crippen molar-refractivity contribution in [2.75, 3.05) is 13.1 Å². The molecule has 0 aromatic heterocycles. The summed E-state index contributed by atoms with van der Waals surface area (Å²) in [7, 11) is 0. The smallest absolute Gasteiger partial charge is 0.239 e. The first-order valence-electron chi connectivity index (χ1n) is 10.5. The van der Waals surface area contributed by atoms with Crippen LogP contribution in [-0.4, -0.2) is 36.0 Å². The van der Waals surface area contributed by atoms with E-state index < -0.39 is 0 Å². The summed E-state index contributed by atoms with van der Waals surface area (Å²) in [6, 6.07) is 19.9. The lowest BCUT2D eigenvalue weighted by atomic mass is 9.98. The molecular formula is C24H30N2O3. The Labute approximate surface area is 173 Å². The fraction of sp³-hybridized carbons (Fsp3) is 0.417. The van der Waals surface area contributed by atoms with Gasteiger partial charge in [-0.3, -0.25) is 14.5 Å². The van der Waals surface area contributed by atoms with Crippen molar-refractivity contribution in [3.05, 3.63) is 66.2 Å². The van der Waals surface area contributed by atoms with E-state index in [0.717, 1.165) is 32.1 Å². The van der Waals surface area contributed by atoms with Gasteiger partial charge in [-0.2, -0.15) is 0 Å². The second kappa shape index (κ2) is 10.6. The van der Waals surface area contributed by atoms with E-state index in [0.29, 0.717) is 12.3 Å². The quantitative estimate of drug-likeness (QED) is 0.466. The lowest BCUT2D eigenvalue weighted by Gasteiger charge is -2.44. The molecule has 0 saturated carbocycles. The Morgan fingerprint density at radius 3 is 2.34 bits per heavy atom. The number of β-lactam (4-membered cyclic amide) rings is 1. The van der Waals surface area contributed by atoms with E-state index in [1.165, 1.54) is 10.5 Å². The monoisotopic (exact) mass is 394 g/mol. The molecular weight excluding hydrogens is 364 g/mol. The number of likely N-dealkylation sites (tertiary alicyclic amines) is 1. The molecule has 1 aliphatic rings. The third kappa shape index (κ3) is 6.08.